The Hall–Kier alpha value is -1.23. The third-order valence-electron chi connectivity index (χ3n) is 4.08. The molecule has 1 fully saturated rings. The molecule has 1 rings (SSSR count). The molecule has 0 radical (unpaired) electrons. The monoisotopic (exact) mass is 283 g/mol. The van der Waals surface area contributed by atoms with Crippen molar-refractivity contribution in [1.82, 2.24) is 5.32 Å². The quantitative estimate of drug-likeness (QED) is 0.664. The molecule has 5 heteroatoms. The van der Waals surface area contributed by atoms with Gasteiger partial charge in [-0.3, -0.25) is 14.4 Å². The van der Waals surface area contributed by atoms with Crippen molar-refractivity contribution in [3.8, 4) is 0 Å². The molecule has 0 bridgehead atoms. The molecule has 5 nitrogen and oxygen atoms in total. The maximum absolute atomic E-state index is 12.4. The Balaban J connectivity index is 2.69. The molecule has 1 saturated heterocycles. The Morgan fingerprint density at radius 2 is 1.95 bits per heavy atom. The molecule has 2 atom stereocenters. The first-order valence-electron chi connectivity index (χ1n) is 7.33. The van der Waals surface area contributed by atoms with Gasteiger partial charge in [0.05, 0.1) is 6.04 Å². The predicted octanol–water partition coefficient (Wildman–Crippen LogP) is 1.79. The van der Waals surface area contributed by atoms with Gasteiger partial charge in [-0.2, -0.15) is 0 Å². The minimum atomic E-state index is -0.860. The van der Waals surface area contributed by atoms with Crippen molar-refractivity contribution < 1.29 is 19.5 Å². The van der Waals surface area contributed by atoms with Crippen molar-refractivity contribution in [1.29, 1.82) is 0 Å². The average Bonchev–Trinajstić information content (AvgIpc) is 2.82. The van der Waals surface area contributed by atoms with Crippen LogP contribution in [0.3, 0.4) is 0 Å². The first kappa shape index (κ1) is 16.8. The molecule has 1 heterocycles. The summed E-state index contributed by atoms with van der Waals surface area (Å²) in [4.78, 5) is 35.3. The highest BCUT2D eigenvalue weighted by atomic mass is 16.4. The van der Waals surface area contributed by atoms with E-state index in [2.05, 4.69) is 5.32 Å². The van der Waals surface area contributed by atoms with Crippen molar-refractivity contribution in [2.75, 3.05) is 6.54 Å². The standard InChI is InChI=1S/C15H25NO4/c1-4-8-15(2,3)14(20)13(19)12-10(7-9-16-12)5-6-11(17)18/h10,12,16H,4-9H2,1-3H3,(H,17,18)/t10-,12?/m0/s1. The molecule has 114 valence electrons. The largest absolute Gasteiger partial charge is 0.481 e. The summed E-state index contributed by atoms with van der Waals surface area (Å²) in [6.45, 7) is 6.26. The van der Waals surface area contributed by atoms with Gasteiger partial charge in [-0.1, -0.05) is 27.2 Å². The second-order valence-corrected chi connectivity index (χ2v) is 6.24. The maximum Gasteiger partial charge on any atom is 0.303 e. The van der Waals surface area contributed by atoms with Gasteiger partial charge in [0.1, 0.15) is 0 Å². The lowest BCUT2D eigenvalue weighted by Crippen LogP contribution is -2.45. The molecular weight excluding hydrogens is 258 g/mol. The average molecular weight is 283 g/mol. The topological polar surface area (TPSA) is 83.5 Å². The minimum absolute atomic E-state index is 0.0417. The van der Waals surface area contributed by atoms with E-state index in [0.29, 0.717) is 19.4 Å². The molecule has 0 spiro atoms. The van der Waals surface area contributed by atoms with Gasteiger partial charge in [0.2, 0.25) is 11.6 Å². The van der Waals surface area contributed by atoms with E-state index in [1.165, 1.54) is 0 Å². The molecule has 1 aliphatic heterocycles. The highest BCUT2D eigenvalue weighted by molar-refractivity contribution is 6.41. The number of hydrogen-bond donors (Lipinski definition) is 2. The third-order valence-corrected chi connectivity index (χ3v) is 4.08. The number of carbonyl (C=O) groups is 3. The summed E-state index contributed by atoms with van der Waals surface area (Å²) in [5.41, 5.74) is -0.631. The predicted molar refractivity (Wildman–Crippen MR) is 75.5 cm³/mol. The number of ketones is 2. The highest BCUT2D eigenvalue weighted by Crippen LogP contribution is 2.28. The van der Waals surface area contributed by atoms with Gasteiger partial charge < -0.3 is 10.4 Å². The lowest BCUT2D eigenvalue weighted by molar-refractivity contribution is -0.143. The lowest BCUT2D eigenvalue weighted by Gasteiger charge is -2.25. The van der Waals surface area contributed by atoms with E-state index in [4.69, 9.17) is 5.11 Å². The zero-order valence-electron chi connectivity index (χ0n) is 12.6. The van der Waals surface area contributed by atoms with Crippen LogP contribution in [0.4, 0.5) is 0 Å². The summed E-state index contributed by atoms with van der Waals surface area (Å²) in [7, 11) is 0. The summed E-state index contributed by atoms with van der Waals surface area (Å²) >= 11 is 0. The SMILES string of the molecule is CCCC(C)(C)C(=O)C(=O)C1NCC[C@@H]1CCC(=O)O. The molecule has 0 aliphatic carbocycles. The number of Topliss-reactive ketones (excluding diaryl/α,β-unsaturated/α-hetero) is 2. The van der Waals surface area contributed by atoms with Crippen LogP contribution in [0.15, 0.2) is 0 Å². The summed E-state index contributed by atoms with van der Waals surface area (Å²) in [5, 5.41) is 11.8. The van der Waals surface area contributed by atoms with Gasteiger partial charge >= 0.3 is 5.97 Å². The van der Waals surface area contributed by atoms with Gasteiger partial charge in [-0.05, 0) is 31.7 Å². The molecule has 0 aromatic rings. The number of carbonyl (C=O) groups excluding carboxylic acids is 2. The fourth-order valence-corrected chi connectivity index (χ4v) is 2.90. The van der Waals surface area contributed by atoms with Crippen LogP contribution in [-0.2, 0) is 14.4 Å². The van der Waals surface area contributed by atoms with Crippen LogP contribution < -0.4 is 5.32 Å². The molecule has 20 heavy (non-hydrogen) atoms. The van der Waals surface area contributed by atoms with E-state index in [1.54, 1.807) is 13.8 Å². The number of carboxylic acid groups (broad SMARTS) is 1. The van der Waals surface area contributed by atoms with Crippen LogP contribution in [0.25, 0.3) is 0 Å². The first-order chi connectivity index (χ1) is 9.29. The summed E-state index contributed by atoms with van der Waals surface area (Å²) < 4.78 is 0. The fourth-order valence-electron chi connectivity index (χ4n) is 2.90. The van der Waals surface area contributed by atoms with Crippen LogP contribution in [0.2, 0.25) is 0 Å². The van der Waals surface area contributed by atoms with Gasteiger partial charge in [-0.15, -0.1) is 0 Å². The van der Waals surface area contributed by atoms with E-state index < -0.39 is 17.4 Å². The van der Waals surface area contributed by atoms with Crippen molar-refractivity contribution in [2.24, 2.45) is 11.3 Å². The fraction of sp³-hybridized carbons (Fsp3) is 0.800. The summed E-state index contributed by atoms with van der Waals surface area (Å²) in [6, 6.07) is -0.502. The second kappa shape index (κ2) is 6.97. The summed E-state index contributed by atoms with van der Waals surface area (Å²) in [5.74, 6) is -1.61. The Bertz CT molecular complexity index is 389. The lowest BCUT2D eigenvalue weighted by atomic mass is 9.78. The maximum atomic E-state index is 12.4. The zero-order chi connectivity index (χ0) is 15.3. The van der Waals surface area contributed by atoms with E-state index in [-0.39, 0.29) is 23.9 Å². The highest BCUT2D eigenvalue weighted by Gasteiger charge is 2.40. The van der Waals surface area contributed by atoms with Gasteiger partial charge in [-0.25, -0.2) is 0 Å². The number of hydrogen-bond acceptors (Lipinski definition) is 4. The van der Waals surface area contributed by atoms with Crippen LogP contribution in [0.1, 0.15) is 52.9 Å². The van der Waals surface area contributed by atoms with Crippen LogP contribution >= 0.6 is 0 Å². The molecule has 2 N–H and O–H groups in total. The Morgan fingerprint density at radius 3 is 2.50 bits per heavy atom. The van der Waals surface area contributed by atoms with Gasteiger partial charge in [0.25, 0.3) is 0 Å². The van der Waals surface area contributed by atoms with Gasteiger partial charge in [0.15, 0.2) is 0 Å². The number of carboxylic acids is 1. The summed E-state index contributed by atoms with van der Waals surface area (Å²) in [6.07, 6.45) is 2.78. The molecule has 1 aliphatic rings. The minimum Gasteiger partial charge on any atom is -0.481 e. The first-order valence-corrected chi connectivity index (χ1v) is 7.33. The van der Waals surface area contributed by atoms with Crippen molar-refractivity contribution in [3.05, 3.63) is 0 Å². The molecule has 0 aromatic carbocycles. The van der Waals surface area contributed by atoms with Gasteiger partial charge in [0, 0.05) is 11.8 Å². The zero-order valence-corrected chi connectivity index (χ0v) is 12.6. The van der Waals surface area contributed by atoms with E-state index in [9.17, 15) is 14.4 Å². The van der Waals surface area contributed by atoms with E-state index >= 15 is 0 Å². The Kier molecular flexibility index (Phi) is 5.87. The third kappa shape index (κ3) is 4.13. The Morgan fingerprint density at radius 1 is 1.30 bits per heavy atom. The second-order valence-electron chi connectivity index (χ2n) is 6.24. The van der Waals surface area contributed by atoms with Crippen molar-refractivity contribution >= 4 is 17.5 Å². The number of rotatable bonds is 8. The molecule has 1 unspecified atom stereocenters. The smallest absolute Gasteiger partial charge is 0.303 e. The Labute approximate surface area is 120 Å². The van der Waals surface area contributed by atoms with E-state index in [1.807, 2.05) is 6.92 Å². The molecule has 0 amide bonds. The molecule has 0 aromatic heterocycles. The van der Waals surface area contributed by atoms with Crippen LogP contribution in [0.5, 0.6) is 0 Å². The normalized spacial score (nSPS) is 22.8. The van der Waals surface area contributed by atoms with Crippen LogP contribution in [0, 0.1) is 11.3 Å². The van der Waals surface area contributed by atoms with Crippen molar-refractivity contribution in [2.45, 2.75) is 58.9 Å². The van der Waals surface area contributed by atoms with Crippen LogP contribution in [-0.4, -0.2) is 35.2 Å². The van der Waals surface area contributed by atoms with E-state index in [0.717, 1.165) is 12.8 Å². The number of nitrogens with one attached hydrogen (secondary N) is 1. The number of aliphatic carboxylic acids is 1. The van der Waals surface area contributed by atoms with Crippen molar-refractivity contribution in [3.63, 3.8) is 0 Å². The molecule has 0 saturated carbocycles. The molecular formula is C15H25NO4.